The lowest BCUT2D eigenvalue weighted by Crippen LogP contribution is -2.42. The Bertz CT molecular complexity index is 462. The molecule has 1 amide bonds. The molecule has 0 heterocycles. The van der Waals surface area contributed by atoms with Crippen LogP contribution in [0.3, 0.4) is 0 Å². The minimum absolute atomic E-state index is 0.0322. The molecule has 0 atom stereocenters. The van der Waals surface area contributed by atoms with Crippen LogP contribution in [0.15, 0.2) is 24.3 Å². The summed E-state index contributed by atoms with van der Waals surface area (Å²) in [5.41, 5.74) is 0.873. The number of nitrogens with one attached hydrogen (secondary N) is 2. The highest BCUT2D eigenvalue weighted by molar-refractivity contribution is 7.80. The van der Waals surface area contributed by atoms with Crippen molar-refractivity contribution in [2.45, 2.75) is 20.8 Å². The Morgan fingerprint density at radius 1 is 1.24 bits per heavy atom. The molecule has 6 heteroatoms. The van der Waals surface area contributed by atoms with Crippen LogP contribution in [0.4, 0.5) is 5.69 Å². The number of hydrogen-bond donors (Lipinski definition) is 2. The van der Waals surface area contributed by atoms with Gasteiger partial charge in [-0.15, -0.1) is 0 Å². The number of rotatable bonds is 7. The van der Waals surface area contributed by atoms with Gasteiger partial charge in [0.25, 0.3) is 0 Å². The molecule has 5 nitrogen and oxygen atoms in total. The van der Waals surface area contributed by atoms with E-state index < -0.39 is 0 Å². The minimum atomic E-state index is -0.0322. The third-order valence-corrected chi connectivity index (χ3v) is 3.15. The standard InChI is InChI=1S/C15H23N3O2S/c1-4-16-14(19)11-18(5-2)15(21)17-12-7-9-13(10-8-12)20-6-3/h7-10H,4-6,11H2,1-3H3,(H,16,19)(H,17,21). The number of carbonyl (C=O) groups is 1. The van der Waals surface area contributed by atoms with Crippen LogP contribution in [-0.4, -0.2) is 42.2 Å². The third-order valence-electron chi connectivity index (χ3n) is 2.79. The van der Waals surface area contributed by atoms with Gasteiger partial charge >= 0.3 is 0 Å². The predicted molar refractivity (Wildman–Crippen MR) is 89.8 cm³/mol. The number of ether oxygens (including phenoxy) is 1. The van der Waals surface area contributed by atoms with Crippen LogP contribution in [0.2, 0.25) is 0 Å². The molecule has 0 bridgehead atoms. The molecule has 2 N–H and O–H groups in total. The Balaban J connectivity index is 2.58. The number of likely N-dealkylation sites (N-methyl/N-ethyl adjacent to an activating group) is 2. The molecular weight excluding hydrogens is 286 g/mol. The molecular formula is C15H23N3O2S. The van der Waals surface area contributed by atoms with E-state index in [-0.39, 0.29) is 12.5 Å². The van der Waals surface area contributed by atoms with Gasteiger partial charge in [-0.3, -0.25) is 4.79 Å². The Hall–Kier alpha value is -1.82. The fraction of sp³-hybridized carbons (Fsp3) is 0.467. The van der Waals surface area contributed by atoms with Crippen molar-refractivity contribution in [3.63, 3.8) is 0 Å². The van der Waals surface area contributed by atoms with Gasteiger partial charge in [0.15, 0.2) is 5.11 Å². The molecule has 1 aromatic carbocycles. The molecule has 0 fully saturated rings. The summed E-state index contributed by atoms with van der Waals surface area (Å²) >= 11 is 5.35. The Labute approximate surface area is 131 Å². The van der Waals surface area contributed by atoms with Crippen molar-refractivity contribution in [2.75, 3.05) is 31.6 Å². The summed E-state index contributed by atoms with van der Waals surface area (Å²) in [6.45, 7) is 7.99. The molecule has 0 spiro atoms. The van der Waals surface area contributed by atoms with Crippen LogP contribution >= 0.6 is 12.2 Å². The van der Waals surface area contributed by atoms with Gasteiger partial charge in [-0.1, -0.05) is 0 Å². The SMILES string of the molecule is CCNC(=O)CN(CC)C(=S)Nc1ccc(OCC)cc1. The van der Waals surface area contributed by atoms with Crippen molar-refractivity contribution >= 4 is 28.9 Å². The second-order valence-corrected chi connectivity index (χ2v) is 4.74. The van der Waals surface area contributed by atoms with Crippen LogP contribution in [-0.2, 0) is 4.79 Å². The monoisotopic (exact) mass is 309 g/mol. The van der Waals surface area contributed by atoms with E-state index in [1.165, 1.54) is 0 Å². The highest BCUT2D eigenvalue weighted by atomic mass is 32.1. The molecule has 0 aliphatic rings. The molecule has 0 unspecified atom stereocenters. The van der Waals surface area contributed by atoms with E-state index in [9.17, 15) is 4.79 Å². The van der Waals surface area contributed by atoms with Gasteiger partial charge in [-0.25, -0.2) is 0 Å². The molecule has 0 aliphatic heterocycles. The number of carbonyl (C=O) groups excluding carboxylic acids is 1. The first kappa shape index (κ1) is 17.2. The number of thiocarbonyl (C=S) groups is 1. The quantitative estimate of drug-likeness (QED) is 0.757. The molecule has 0 radical (unpaired) electrons. The number of hydrogen-bond acceptors (Lipinski definition) is 3. The zero-order chi connectivity index (χ0) is 15.7. The molecule has 0 aliphatic carbocycles. The summed E-state index contributed by atoms with van der Waals surface area (Å²) in [6, 6.07) is 7.57. The molecule has 1 aromatic rings. The van der Waals surface area contributed by atoms with Gasteiger partial charge in [-0.05, 0) is 57.3 Å². The van der Waals surface area contributed by atoms with E-state index in [1.807, 2.05) is 49.9 Å². The van der Waals surface area contributed by atoms with Crippen LogP contribution < -0.4 is 15.4 Å². The van der Waals surface area contributed by atoms with Crippen LogP contribution in [0.25, 0.3) is 0 Å². The number of nitrogens with zero attached hydrogens (tertiary/aromatic N) is 1. The summed E-state index contributed by atoms with van der Waals surface area (Å²) < 4.78 is 5.39. The topological polar surface area (TPSA) is 53.6 Å². The van der Waals surface area contributed by atoms with E-state index in [1.54, 1.807) is 0 Å². The predicted octanol–water partition coefficient (Wildman–Crippen LogP) is 2.24. The van der Waals surface area contributed by atoms with E-state index >= 15 is 0 Å². The Morgan fingerprint density at radius 3 is 2.43 bits per heavy atom. The Kier molecular flexibility index (Phi) is 7.53. The summed E-state index contributed by atoms with van der Waals surface area (Å²) in [4.78, 5) is 13.4. The van der Waals surface area contributed by atoms with Gasteiger partial charge < -0.3 is 20.3 Å². The average Bonchev–Trinajstić information content (AvgIpc) is 2.47. The lowest BCUT2D eigenvalue weighted by molar-refractivity contribution is -0.121. The fourth-order valence-corrected chi connectivity index (χ4v) is 2.07. The van der Waals surface area contributed by atoms with Crippen molar-refractivity contribution in [1.29, 1.82) is 0 Å². The lowest BCUT2D eigenvalue weighted by atomic mass is 10.3. The van der Waals surface area contributed by atoms with Crippen molar-refractivity contribution in [1.82, 2.24) is 10.2 Å². The minimum Gasteiger partial charge on any atom is -0.494 e. The second-order valence-electron chi connectivity index (χ2n) is 4.36. The van der Waals surface area contributed by atoms with Crippen LogP contribution in [0.1, 0.15) is 20.8 Å². The fourth-order valence-electron chi connectivity index (χ4n) is 1.76. The van der Waals surface area contributed by atoms with Crippen LogP contribution in [0, 0.1) is 0 Å². The van der Waals surface area contributed by atoms with Crippen molar-refractivity contribution in [2.24, 2.45) is 0 Å². The number of benzene rings is 1. The lowest BCUT2D eigenvalue weighted by Gasteiger charge is -2.23. The average molecular weight is 309 g/mol. The summed E-state index contributed by atoms with van der Waals surface area (Å²) in [5, 5.41) is 6.43. The smallest absolute Gasteiger partial charge is 0.239 e. The summed E-state index contributed by atoms with van der Waals surface area (Å²) in [7, 11) is 0. The maximum atomic E-state index is 11.6. The molecule has 116 valence electrons. The zero-order valence-corrected chi connectivity index (χ0v) is 13.6. The highest BCUT2D eigenvalue weighted by Gasteiger charge is 2.11. The highest BCUT2D eigenvalue weighted by Crippen LogP contribution is 2.16. The first-order valence-electron chi connectivity index (χ1n) is 7.16. The molecule has 0 saturated heterocycles. The van der Waals surface area contributed by atoms with Crippen molar-refractivity contribution in [3.05, 3.63) is 24.3 Å². The largest absolute Gasteiger partial charge is 0.494 e. The molecule has 0 aromatic heterocycles. The van der Waals surface area contributed by atoms with Gasteiger partial charge in [0.2, 0.25) is 5.91 Å². The number of anilines is 1. The first-order chi connectivity index (χ1) is 10.1. The van der Waals surface area contributed by atoms with E-state index in [0.717, 1.165) is 11.4 Å². The number of amides is 1. The second kappa shape index (κ2) is 9.18. The first-order valence-corrected chi connectivity index (χ1v) is 7.57. The maximum Gasteiger partial charge on any atom is 0.239 e. The van der Waals surface area contributed by atoms with E-state index in [0.29, 0.717) is 24.8 Å². The molecule has 0 saturated carbocycles. The third kappa shape index (κ3) is 5.99. The van der Waals surface area contributed by atoms with Gasteiger partial charge in [-0.2, -0.15) is 0 Å². The maximum absolute atomic E-state index is 11.6. The zero-order valence-electron chi connectivity index (χ0n) is 12.8. The van der Waals surface area contributed by atoms with Crippen molar-refractivity contribution in [3.8, 4) is 5.75 Å². The van der Waals surface area contributed by atoms with Crippen LogP contribution in [0.5, 0.6) is 5.75 Å². The summed E-state index contributed by atoms with van der Waals surface area (Å²) in [6.07, 6.45) is 0. The van der Waals surface area contributed by atoms with E-state index in [2.05, 4.69) is 10.6 Å². The Morgan fingerprint density at radius 2 is 1.90 bits per heavy atom. The normalized spacial score (nSPS) is 9.86. The van der Waals surface area contributed by atoms with Gasteiger partial charge in [0, 0.05) is 18.8 Å². The molecule has 21 heavy (non-hydrogen) atoms. The van der Waals surface area contributed by atoms with E-state index in [4.69, 9.17) is 17.0 Å². The summed E-state index contributed by atoms with van der Waals surface area (Å²) in [5.74, 6) is 0.791. The van der Waals surface area contributed by atoms with Gasteiger partial charge in [0.05, 0.1) is 13.2 Å². The van der Waals surface area contributed by atoms with Crippen molar-refractivity contribution < 1.29 is 9.53 Å². The molecule has 1 rings (SSSR count). The van der Waals surface area contributed by atoms with Gasteiger partial charge in [0.1, 0.15) is 5.75 Å².